The number of amides is 1. The summed E-state index contributed by atoms with van der Waals surface area (Å²) in [6, 6.07) is 21.7. The Morgan fingerprint density at radius 1 is 1.02 bits per heavy atom. The molecule has 0 bridgehead atoms. The number of carbonyl (C=O) groups is 1. The first-order valence-electron chi connectivity index (χ1n) is 15.7. The van der Waals surface area contributed by atoms with Crippen LogP contribution < -0.4 is 19.9 Å². The van der Waals surface area contributed by atoms with Gasteiger partial charge < -0.3 is 15.2 Å². The van der Waals surface area contributed by atoms with Crippen LogP contribution in [0.15, 0.2) is 95.8 Å². The zero-order valence-corrected chi connectivity index (χ0v) is 29.2. The summed E-state index contributed by atoms with van der Waals surface area (Å²) in [5.41, 5.74) is 1.53. The Balaban J connectivity index is 1.54. The highest BCUT2D eigenvalue weighted by atomic mass is 35.5. The van der Waals surface area contributed by atoms with Crippen LogP contribution in [0.2, 0.25) is 5.02 Å². The van der Waals surface area contributed by atoms with Gasteiger partial charge in [0.2, 0.25) is 0 Å². The van der Waals surface area contributed by atoms with E-state index in [2.05, 4.69) is 10.4 Å². The first-order chi connectivity index (χ1) is 24.9. The van der Waals surface area contributed by atoms with Crippen molar-refractivity contribution in [2.24, 2.45) is 7.05 Å². The number of methoxy groups -OCH3 is 1. The van der Waals surface area contributed by atoms with Crippen molar-refractivity contribution in [2.75, 3.05) is 18.0 Å². The number of hydrogen-bond donors (Lipinski definition) is 3. The van der Waals surface area contributed by atoms with Crippen molar-refractivity contribution in [1.82, 2.24) is 24.6 Å². The predicted octanol–water partition coefficient (Wildman–Crippen LogP) is 6.46. The number of halogens is 3. The fourth-order valence-electron chi connectivity index (χ4n) is 6.03. The van der Waals surface area contributed by atoms with Crippen molar-refractivity contribution >= 4 is 45.7 Å². The number of benzene rings is 4. The SMILES string of the molecule is COc1ccc(CCN(c2nn(C)c3c(-n4c(C(Cc5cc(F)cc(F)c5)NC(=O)O)nc(-c5ccccc5)cc4=O)ccc(Cl)c23)S(=O)O)cc1. The van der Waals surface area contributed by atoms with Gasteiger partial charge in [-0.15, -0.1) is 0 Å². The molecule has 0 spiro atoms. The van der Waals surface area contributed by atoms with Gasteiger partial charge >= 0.3 is 6.09 Å². The fraction of sp³-hybridized carbons (Fsp3) is 0.167. The third-order valence-corrected chi connectivity index (χ3v) is 9.36. The third-order valence-electron chi connectivity index (χ3n) is 8.31. The highest BCUT2D eigenvalue weighted by molar-refractivity contribution is 7.80. The minimum absolute atomic E-state index is 0.0510. The minimum Gasteiger partial charge on any atom is -0.497 e. The summed E-state index contributed by atoms with van der Waals surface area (Å²) in [6.45, 7) is 0.0510. The summed E-state index contributed by atoms with van der Waals surface area (Å²) in [4.78, 5) is 31.2. The molecule has 52 heavy (non-hydrogen) atoms. The molecule has 2 heterocycles. The fourth-order valence-corrected chi connectivity index (χ4v) is 6.79. The third kappa shape index (κ3) is 7.66. The normalized spacial score (nSPS) is 12.4. The van der Waals surface area contributed by atoms with E-state index in [1.807, 2.05) is 12.1 Å². The molecule has 6 aromatic rings. The summed E-state index contributed by atoms with van der Waals surface area (Å²) in [5, 5.41) is 17.2. The number of anilines is 1. The summed E-state index contributed by atoms with van der Waals surface area (Å²) >= 11 is 4.20. The number of nitrogens with zero attached hydrogens (tertiary/aromatic N) is 5. The molecule has 2 aromatic heterocycles. The lowest BCUT2D eigenvalue weighted by molar-refractivity contribution is 0.189. The molecule has 2 unspecified atom stereocenters. The summed E-state index contributed by atoms with van der Waals surface area (Å²) in [6.07, 6.45) is -1.42. The number of carboxylic acid groups (broad SMARTS) is 1. The van der Waals surface area contributed by atoms with Crippen molar-refractivity contribution in [3.63, 3.8) is 0 Å². The van der Waals surface area contributed by atoms with E-state index >= 15 is 0 Å². The monoisotopic (exact) mass is 748 g/mol. The number of aryl methyl sites for hydroxylation is 1. The number of aromatic nitrogens is 4. The van der Waals surface area contributed by atoms with E-state index in [1.165, 1.54) is 27.4 Å². The van der Waals surface area contributed by atoms with E-state index in [1.54, 1.807) is 56.6 Å². The number of rotatable bonds is 12. The number of ether oxygens (including phenoxy) is 1. The van der Waals surface area contributed by atoms with Gasteiger partial charge in [0.05, 0.1) is 40.5 Å². The predicted molar refractivity (Wildman–Crippen MR) is 193 cm³/mol. The maximum absolute atomic E-state index is 14.3. The van der Waals surface area contributed by atoms with E-state index in [0.717, 1.165) is 22.0 Å². The molecular weight excluding hydrogens is 718 g/mol. The van der Waals surface area contributed by atoms with Gasteiger partial charge in [-0.2, -0.15) is 5.10 Å². The molecule has 0 saturated carbocycles. The molecule has 268 valence electrons. The van der Waals surface area contributed by atoms with Crippen LogP contribution in [0.4, 0.5) is 19.4 Å². The Kier molecular flexibility index (Phi) is 10.6. The highest BCUT2D eigenvalue weighted by Crippen LogP contribution is 2.37. The summed E-state index contributed by atoms with van der Waals surface area (Å²) in [7, 11) is 3.11. The van der Waals surface area contributed by atoms with Crippen molar-refractivity contribution < 1.29 is 32.2 Å². The van der Waals surface area contributed by atoms with Gasteiger partial charge in [0.25, 0.3) is 16.8 Å². The second-order valence-electron chi connectivity index (χ2n) is 11.7. The lowest BCUT2D eigenvalue weighted by Gasteiger charge is -2.23. The number of fused-ring (bicyclic) bond motifs is 1. The van der Waals surface area contributed by atoms with E-state index in [-0.39, 0.29) is 57.5 Å². The summed E-state index contributed by atoms with van der Waals surface area (Å²) < 4.78 is 60.7. The first-order valence-corrected chi connectivity index (χ1v) is 17.2. The van der Waals surface area contributed by atoms with Crippen molar-refractivity contribution in [3.05, 3.63) is 135 Å². The van der Waals surface area contributed by atoms with Crippen LogP contribution >= 0.6 is 11.6 Å². The highest BCUT2D eigenvalue weighted by Gasteiger charge is 2.28. The number of nitrogens with one attached hydrogen (secondary N) is 1. The maximum Gasteiger partial charge on any atom is 0.405 e. The van der Waals surface area contributed by atoms with Crippen LogP contribution in [0.5, 0.6) is 5.75 Å². The van der Waals surface area contributed by atoms with E-state index in [9.17, 15) is 32.2 Å². The Morgan fingerprint density at radius 2 is 1.71 bits per heavy atom. The van der Waals surface area contributed by atoms with Crippen molar-refractivity contribution in [3.8, 4) is 22.7 Å². The molecule has 0 aliphatic carbocycles. The van der Waals surface area contributed by atoms with Gasteiger partial charge in [-0.3, -0.25) is 22.9 Å². The average molecular weight is 749 g/mol. The zero-order chi connectivity index (χ0) is 37.1. The zero-order valence-electron chi connectivity index (χ0n) is 27.7. The Labute approximate surface area is 303 Å². The molecule has 2 atom stereocenters. The van der Waals surface area contributed by atoms with Crippen molar-refractivity contribution in [2.45, 2.75) is 18.9 Å². The largest absolute Gasteiger partial charge is 0.497 e. The van der Waals surface area contributed by atoms with Crippen LogP contribution in [-0.2, 0) is 31.2 Å². The quantitative estimate of drug-likeness (QED) is 0.121. The van der Waals surface area contributed by atoms with Gasteiger partial charge in [-0.25, -0.2) is 22.8 Å². The van der Waals surface area contributed by atoms with Crippen LogP contribution in [-0.4, -0.2) is 52.9 Å². The standard InChI is InChI=1S/C36H31ClF2N6O6S/c1-43-33-30(13-12-27(37)32(33)35(42-43)44(52(49)50)15-14-21-8-10-26(51-2)11-9-21)45-31(46)20-28(23-6-4-3-5-7-23)40-34(45)29(41-36(47)48)18-22-16-24(38)19-25(39)17-22/h3-13,16-17,19-20,29,41H,14-15,18H2,1-2H3,(H,47,48)(H,49,50). The molecule has 0 aliphatic heterocycles. The van der Waals surface area contributed by atoms with Crippen molar-refractivity contribution in [1.29, 1.82) is 0 Å². The molecular formula is C36H31ClF2N6O6S. The Hall–Kier alpha value is -5.64. The lowest BCUT2D eigenvalue weighted by Crippen LogP contribution is -2.35. The molecule has 6 rings (SSSR count). The topological polar surface area (TPSA) is 152 Å². The van der Waals surface area contributed by atoms with E-state index in [4.69, 9.17) is 21.3 Å². The summed E-state index contributed by atoms with van der Waals surface area (Å²) in [5.74, 6) is -1.13. The molecule has 0 aliphatic rings. The van der Waals surface area contributed by atoms with Gasteiger partial charge in [0.1, 0.15) is 23.2 Å². The van der Waals surface area contributed by atoms with Crippen LogP contribution in [0.3, 0.4) is 0 Å². The Morgan fingerprint density at radius 3 is 2.35 bits per heavy atom. The van der Waals surface area contributed by atoms with Gasteiger partial charge in [-0.1, -0.05) is 54.1 Å². The first kappa shape index (κ1) is 36.2. The second kappa shape index (κ2) is 15.3. The average Bonchev–Trinajstić information content (AvgIpc) is 3.45. The Bertz CT molecular complexity index is 2340. The van der Waals surface area contributed by atoms with Crippen LogP contribution in [0.25, 0.3) is 27.8 Å². The molecule has 1 amide bonds. The second-order valence-corrected chi connectivity index (χ2v) is 13.0. The number of hydrogen-bond acceptors (Lipinski definition) is 6. The van der Waals surface area contributed by atoms with E-state index in [0.29, 0.717) is 23.8 Å². The molecule has 0 radical (unpaired) electrons. The molecule has 16 heteroatoms. The van der Waals surface area contributed by atoms with Crippen LogP contribution in [0.1, 0.15) is 23.0 Å². The van der Waals surface area contributed by atoms with Gasteiger partial charge in [0, 0.05) is 37.7 Å². The minimum atomic E-state index is -2.55. The van der Waals surface area contributed by atoms with Gasteiger partial charge in [0.15, 0.2) is 5.82 Å². The smallest absolute Gasteiger partial charge is 0.405 e. The maximum atomic E-state index is 14.3. The van der Waals surface area contributed by atoms with Gasteiger partial charge in [-0.05, 0) is 53.9 Å². The van der Waals surface area contributed by atoms with Crippen LogP contribution in [0, 0.1) is 11.6 Å². The molecule has 0 saturated heterocycles. The lowest BCUT2D eigenvalue weighted by atomic mass is 10.0. The molecule has 0 fully saturated rings. The molecule has 3 N–H and O–H groups in total. The van der Waals surface area contributed by atoms with E-state index < -0.39 is 40.6 Å². The molecule has 12 nitrogen and oxygen atoms in total. The molecule has 4 aromatic carbocycles.